The molecule has 86 valence electrons. The van der Waals surface area contributed by atoms with Crippen molar-refractivity contribution in [3.05, 3.63) is 36.4 Å². The maximum absolute atomic E-state index is 11.1. The molecule has 1 rings (SSSR count). The van der Waals surface area contributed by atoms with E-state index in [9.17, 15) is 9.59 Å². The maximum atomic E-state index is 11.1. The van der Waals surface area contributed by atoms with Crippen molar-refractivity contribution in [2.45, 2.75) is 0 Å². The van der Waals surface area contributed by atoms with Gasteiger partial charge in [-0.3, -0.25) is 4.79 Å². The molecular formula is C10H11ClN2O3. The van der Waals surface area contributed by atoms with E-state index in [1.165, 1.54) is 0 Å². The predicted molar refractivity (Wildman–Crippen MR) is 63.5 cm³/mol. The van der Waals surface area contributed by atoms with Gasteiger partial charge >= 0.3 is 5.97 Å². The van der Waals surface area contributed by atoms with Crippen LogP contribution in [0.1, 0.15) is 0 Å². The number of aliphatic carboxylic acids is 1. The van der Waals surface area contributed by atoms with Gasteiger partial charge in [0.05, 0.1) is 0 Å². The molecule has 4 N–H and O–H groups in total. The topological polar surface area (TPSA) is 92.4 Å². The van der Waals surface area contributed by atoms with E-state index in [1.54, 1.807) is 24.3 Å². The summed E-state index contributed by atoms with van der Waals surface area (Å²) in [5, 5.41) is 10.8. The first-order valence-electron chi connectivity index (χ1n) is 4.15. The van der Waals surface area contributed by atoms with Gasteiger partial charge in [0.1, 0.15) is 0 Å². The Hall–Kier alpha value is -2.01. The summed E-state index contributed by atoms with van der Waals surface area (Å²) in [7, 11) is 0. The number of carbonyl (C=O) groups excluding carboxylic acids is 1. The van der Waals surface area contributed by atoms with Gasteiger partial charge in [-0.1, -0.05) is 0 Å². The second-order valence-electron chi connectivity index (χ2n) is 2.78. The molecule has 1 aromatic rings. The van der Waals surface area contributed by atoms with E-state index in [1.807, 2.05) is 0 Å². The smallest absolute Gasteiger partial charge is 0.328 e. The van der Waals surface area contributed by atoms with E-state index in [0.29, 0.717) is 11.4 Å². The summed E-state index contributed by atoms with van der Waals surface area (Å²) in [6.07, 6.45) is 1.71. The van der Waals surface area contributed by atoms with Gasteiger partial charge in [0, 0.05) is 23.5 Å². The van der Waals surface area contributed by atoms with Crippen molar-refractivity contribution in [3.63, 3.8) is 0 Å². The largest absolute Gasteiger partial charge is 0.478 e. The van der Waals surface area contributed by atoms with Crippen LogP contribution in [0.4, 0.5) is 11.4 Å². The van der Waals surface area contributed by atoms with Gasteiger partial charge in [-0.2, -0.15) is 0 Å². The molecule has 0 unspecified atom stereocenters. The van der Waals surface area contributed by atoms with Crippen LogP contribution < -0.4 is 11.1 Å². The third-order valence-corrected chi connectivity index (χ3v) is 1.56. The molecule has 0 spiro atoms. The highest BCUT2D eigenvalue weighted by Gasteiger charge is 1.97. The van der Waals surface area contributed by atoms with E-state index in [-0.39, 0.29) is 12.4 Å². The zero-order valence-electron chi connectivity index (χ0n) is 8.21. The summed E-state index contributed by atoms with van der Waals surface area (Å²) in [5.74, 6) is -1.66. The number of benzene rings is 1. The van der Waals surface area contributed by atoms with Crippen LogP contribution in [0.15, 0.2) is 36.4 Å². The van der Waals surface area contributed by atoms with Gasteiger partial charge in [-0.15, -0.1) is 12.4 Å². The van der Waals surface area contributed by atoms with Gasteiger partial charge in [0.25, 0.3) is 0 Å². The summed E-state index contributed by atoms with van der Waals surface area (Å²) in [4.78, 5) is 21.2. The number of nitrogens with two attached hydrogens (primary N) is 1. The molecule has 0 radical (unpaired) electrons. The first-order valence-corrected chi connectivity index (χ1v) is 4.15. The molecule has 0 aromatic heterocycles. The summed E-state index contributed by atoms with van der Waals surface area (Å²) in [6.45, 7) is 0. The third-order valence-electron chi connectivity index (χ3n) is 1.56. The quantitative estimate of drug-likeness (QED) is 0.550. The number of nitrogen functional groups attached to an aromatic ring is 1. The van der Waals surface area contributed by atoms with Crippen molar-refractivity contribution in [2.24, 2.45) is 0 Å². The highest BCUT2D eigenvalue weighted by atomic mass is 35.5. The first kappa shape index (κ1) is 14.0. The lowest BCUT2D eigenvalue weighted by molar-refractivity contribution is -0.131. The average molecular weight is 243 g/mol. The van der Waals surface area contributed by atoms with Crippen LogP contribution in [0.3, 0.4) is 0 Å². The minimum Gasteiger partial charge on any atom is -0.478 e. The fraction of sp³-hybridized carbons (Fsp3) is 0. The Morgan fingerprint density at radius 3 is 2.25 bits per heavy atom. The van der Waals surface area contributed by atoms with Gasteiger partial charge in [0.2, 0.25) is 5.91 Å². The molecule has 0 saturated carbocycles. The summed E-state index contributed by atoms with van der Waals surface area (Å²) >= 11 is 0. The Labute approximate surface area is 98.4 Å². The van der Waals surface area contributed by atoms with Crippen molar-refractivity contribution in [2.75, 3.05) is 11.1 Å². The molecule has 16 heavy (non-hydrogen) atoms. The Bertz CT molecular complexity index is 401. The predicted octanol–water partition coefficient (Wildman–Crippen LogP) is 1.27. The van der Waals surface area contributed by atoms with Gasteiger partial charge in [-0.05, 0) is 24.3 Å². The second-order valence-corrected chi connectivity index (χ2v) is 2.78. The molecule has 6 heteroatoms. The number of hydrogen-bond acceptors (Lipinski definition) is 3. The number of anilines is 2. The van der Waals surface area contributed by atoms with Crippen LogP contribution >= 0.6 is 12.4 Å². The van der Waals surface area contributed by atoms with Crippen molar-refractivity contribution in [3.8, 4) is 0 Å². The Morgan fingerprint density at radius 2 is 1.75 bits per heavy atom. The lowest BCUT2D eigenvalue weighted by atomic mass is 10.3. The molecule has 1 amide bonds. The number of carboxylic acid groups (broad SMARTS) is 1. The lowest BCUT2D eigenvalue weighted by Crippen LogP contribution is -2.08. The van der Waals surface area contributed by atoms with E-state index < -0.39 is 11.9 Å². The van der Waals surface area contributed by atoms with Crippen molar-refractivity contribution >= 4 is 35.7 Å². The molecular weight excluding hydrogens is 232 g/mol. The molecule has 0 bridgehead atoms. The molecule has 0 saturated heterocycles. The molecule has 0 heterocycles. The number of nitrogens with one attached hydrogen (secondary N) is 1. The van der Waals surface area contributed by atoms with Crippen molar-refractivity contribution in [1.29, 1.82) is 0 Å². The van der Waals surface area contributed by atoms with E-state index in [0.717, 1.165) is 12.2 Å². The number of hydrogen-bond donors (Lipinski definition) is 3. The number of halogens is 1. The number of carbonyl (C=O) groups is 2. The summed E-state index contributed by atoms with van der Waals surface area (Å²) in [6, 6.07) is 6.52. The van der Waals surface area contributed by atoms with Crippen LogP contribution in [-0.4, -0.2) is 17.0 Å². The Morgan fingerprint density at radius 1 is 1.19 bits per heavy atom. The standard InChI is InChI=1S/C10H10N2O3.ClH/c11-7-1-3-8(4-2-7)12-9(13)5-6-10(14)15;/h1-6H,11H2,(H,12,13)(H,14,15);1H. The molecule has 1 aromatic carbocycles. The highest BCUT2D eigenvalue weighted by molar-refractivity contribution is 6.02. The maximum Gasteiger partial charge on any atom is 0.328 e. The minimum absolute atomic E-state index is 0. The average Bonchev–Trinajstić information content (AvgIpc) is 2.19. The zero-order chi connectivity index (χ0) is 11.3. The van der Waals surface area contributed by atoms with Gasteiger partial charge in [-0.25, -0.2) is 4.79 Å². The molecule has 0 aliphatic rings. The van der Waals surface area contributed by atoms with Crippen LogP contribution in [0.25, 0.3) is 0 Å². The van der Waals surface area contributed by atoms with Crippen LogP contribution in [-0.2, 0) is 9.59 Å². The first-order chi connectivity index (χ1) is 7.08. The van der Waals surface area contributed by atoms with E-state index >= 15 is 0 Å². The molecule has 0 aliphatic carbocycles. The van der Waals surface area contributed by atoms with Crippen molar-refractivity contribution in [1.82, 2.24) is 0 Å². The van der Waals surface area contributed by atoms with Gasteiger partial charge < -0.3 is 16.2 Å². The number of amides is 1. The normalized spacial score (nSPS) is 9.50. The fourth-order valence-corrected chi connectivity index (χ4v) is 0.897. The van der Waals surface area contributed by atoms with Crippen molar-refractivity contribution < 1.29 is 14.7 Å². The summed E-state index contributed by atoms with van der Waals surface area (Å²) < 4.78 is 0. The lowest BCUT2D eigenvalue weighted by Gasteiger charge is -2.01. The minimum atomic E-state index is -1.16. The van der Waals surface area contributed by atoms with Gasteiger partial charge in [0.15, 0.2) is 0 Å². The zero-order valence-corrected chi connectivity index (χ0v) is 9.03. The number of rotatable bonds is 3. The Balaban J connectivity index is 0.00000225. The molecule has 0 fully saturated rings. The second kappa shape index (κ2) is 6.47. The van der Waals surface area contributed by atoms with Crippen LogP contribution in [0.2, 0.25) is 0 Å². The number of carboxylic acids is 1. The highest BCUT2D eigenvalue weighted by Crippen LogP contribution is 2.10. The fourth-order valence-electron chi connectivity index (χ4n) is 0.897. The van der Waals surface area contributed by atoms with Crippen LogP contribution in [0.5, 0.6) is 0 Å². The third kappa shape index (κ3) is 5.02. The van der Waals surface area contributed by atoms with Crippen LogP contribution in [0, 0.1) is 0 Å². The molecule has 0 atom stereocenters. The van der Waals surface area contributed by atoms with E-state index in [2.05, 4.69) is 5.32 Å². The summed E-state index contributed by atoms with van der Waals surface area (Å²) in [5.41, 5.74) is 6.60. The SMILES string of the molecule is Cl.Nc1ccc(NC(=O)C=CC(=O)O)cc1. The monoisotopic (exact) mass is 242 g/mol. The molecule has 5 nitrogen and oxygen atoms in total. The van der Waals surface area contributed by atoms with E-state index in [4.69, 9.17) is 10.8 Å². The molecule has 0 aliphatic heterocycles. The Kier molecular flexibility index (Phi) is 5.66.